The Morgan fingerprint density at radius 2 is 2.15 bits per heavy atom. The zero-order chi connectivity index (χ0) is 14.1. The fraction of sp³-hybridized carbons (Fsp3) is 0.667. The summed E-state index contributed by atoms with van der Waals surface area (Å²) in [6, 6.07) is -0.260. The van der Waals surface area contributed by atoms with Crippen LogP contribution in [0.5, 0.6) is 0 Å². The number of piperidine rings is 1. The number of aromatic nitrogens is 3. The van der Waals surface area contributed by atoms with Crippen LogP contribution in [0.25, 0.3) is 0 Å². The van der Waals surface area contributed by atoms with Crippen molar-refractivity contribution in [2.75, 3.05) is 19.6 Å². The number of rotatable bonds is 3. The Kier molecular flexibility index (Phi) is 3.39. The lowest BCUT2D eigenvalue weighted by atomic mass is 10.0. The molecule has 3 N–H and O–H groups in total. The molecule has 1 aromatic heterocycles. The molecule has 2 fully saturated rings. The molecule has 0 radical (unpaired) electrons. The molecule has 8 heteroatoms. The molecule has 3 heterocycles. The lowest BCUT2D eigenvalue weighted by Gasteiger charge is -2.33. The minimum absolute atomic E-state index is 0.257. The Bertz CT molecular complexity index is 524. The van der Waals surface area contributed by atoms with E-state index in [-0.39, 0.29) is 17.6 Å². The lowest BCUT2D eigenvalue weighted by Crippen LogP contribution is -2.50. The van der Waals surface area contributed by atoms with Gasteiger partial charge in [0.25, 0.3) is 5.91 Å². The van der Waals surface area contributed by atoms with Gasteiger partial charge in [-0.05, 0) is 19.3 Å². The number of hydrogen-bond donors (Lipinski definition) is 2. The van der Waals surface area contributed by atoms with Gasteiger partial charge in [-0.3, -0.25) is 9.59 Å². The minimum Gasteiger partial charge on any atom is -0.368 e. The molecule has 3 rings (SSSR count). The highest BCUT2D eigenvalue weighted by atomic mass is 16.2. The quantitative estimate of drug-likeness (QED) is 0.730. The zero-order valence-corrected chi connectivity index (χ0v) is 11.2. The Morgan fingerprint density at radius 1 is 1.35 bits per heavy atom. The molecule has 0 aliphatic carbocycles. The van der Waals surface area contributed by atoms with E-state index >= 15 is 0 Å². The van der Waals surface area contributed by atoms with E-state index < -0.39 is 11.9 Å². The standard InChI is InChI=1S/C12H18N6O2/c13-11(19)10-3-1-2-4-17(10)12(20)9-7-18(16-15-9)8-5-14-6-8/h7-8,10,14H,1-6H2,(H2,13,19). The number of carbonyl (C=O) groups is 2. The van der Waals surface area contributed by atoms with E-state index in [0.717, 1.165) is 25.9 Å². The first-order valence-corrected chi connectivity index (χ1v) is 6.89. The van der Waals surface area contributed by atoms with E-state index in [4.69, 9.17) is 5.73 Å². The Morgan fingerprint density at radius 3 is 2.80 bits per heavy atom. The van der Waals surface area contributed by atoms with Crippen molar-refractivity contribution in [3.8, 4) is 0 Å². The third-order valence-electron chi connectivity index (χ3n) is 3.96. The average Bonchev–Trinajstić information content (AvgIpc) is 2.85. The smallest absolute Gasteiger partial charge is 0.276 e. The van der Waals surface area contributed by atoms with Gasteiger partial charge in [0.2, 0.25) is 5.91 Å². The van der Waals surface area contributed by atoms with Crippen LogP contribution in [0.1, 0.15) is 35.8 Å². The Balaban J connectivity index is 1.76. The van der Waals surface area contributed by atoms with Crippen molar-refractivity contribution in [1.82, 2.24) is 25.2 Å². The first kappa shape index (κ1) is 13.0. The number of carbonyl (C=O) groups excluding carboxylic acids is 2. The van der Waals surface area contributed by atoms with Gasteiger partial charge in [-0.15, -0.1) is 5.10 Å². The Hall–Kier alpha value is -1.96. The van der Waals surface area contributed by atoms with Gasteiger partial charge in [-0.1, -0.05) is 5.21 Å². The van der Waals surface area contributed by atoms with Crippen LogP contribution >= 0.6 is 0 Å². The predicted molar refractivity (Wildman–Crippen MR) is 69.8 cm³/mol. The van der Waals surface area contributed by atoms with Crippen LogP contribution in [-0.2, 0) is 4.79 Å². The van der Waals surface area contributed by atoms with Crippen LogP contribution in [0.4, 0.5) is 0 Å². The summed E-state index contributed by atoms with van der Waals surface area (Å²) in [6.07, 6.45) is 4.08. The van der Waals surface area contributed by atoms with Crippen molar-refractivity contribution in [2.45, 2.75) is 31.3 Å². The topological polar surface area (TPSA) is 106 Å². The van der Waals surface area contributed by atoms with E-state index in [9.17, 15) is 9.59 Å². The summed E-state index contributed by atoms with van der Waals surface area (Å²) in [5, 5.41) is 11.1. The van der Waals surface area contributed by atoms with Crippen LogP contribution in [-0.4, -0.2) is 57.4 Å². The molecule has 1 unspecified atom stereocenters. The first-order valence-electron chi connectivity index (χ1n) is 6.89. The summed E-state index contributed by atoms with van der Waals surface area (Å²) in [4.78, 5) is 25.4. The molecule has 2 saturated heterocycles. The maximum absolute atomic E-state index is 12.4. The van der Waals surface area contributed by atoms with E-state index in [1.54, 1.807) is 10.9 Å². The second kappa shape index (κ2) is 5.20. The normalized spacial score (nSPS) is 23.4. The SMILES string of the molecule is NC(=O)C1CCCCN1C(=O)c1cn(C2CNC2)nn1. The maximum Gasteiger partial charge on any atom is 0.276 e. The van der Waals surface area contributed by atoms with Gasteiger partial charge < -0.3 is 16.0 Å². The van der Waals surface area contributed by atoms with Crippen LogP contribution in [0.15, 0.2) is 6.20 Å². The van der Waals surface area contributed by atoms with Crippen molar-refractivity contribution in [3.05, 3.63) is 11.9 Å². The first-order chi connectivity index (χ1) is 9.66. The van der Waals surface area contributed by atoms with Crippen molar-refractivity contribution in [1.29, 1.82) is 0 Å². The molecule has 8 nitrogen and oxygen atoms in total. The summed E-state index contributed by atoms with van der Waals surface area (Å²) in [5.74, 6) is -0.708. The summed E-state index contributed by atoms with van der Waals surface area (Å²) in [6.45, 7) is 2.22. The lowest BCUT2D eigenvalue weighted by molar-refractivity contribution is -0.123. The summed E-state index contributed by atoms with van der Waals surface area (Å²) >= 11 is 0. The highest BCUT2D eigenvalue weighted by molar-refractivity contribution is 5.95. The molecule has 1 aromatic rings. The van der Waals surface area contributed by atoms with Crippen LogP contribution in [0.3, 0.4) is 0 Å². The van der Waals surface area contributed by atoms with Crippen molar-refractivity contribution < 1.29 is 9.59 Å². The number of nitrogens with two attached hydrogens (primary N) is 1. The molecule has 108 valence electrons. The van der Waals surface area contributed by atoms with Crippen molar-refractivity contribution >= 4 is 11.8 Å². The molecule has 2 aliphatic heterocycles. The van der Waals surface area contributed by atoms with Crippen molar-refractivity contribution in [3.63, 3.8) is 0 Å². The van der Waals surface area contributed by atoms with Crippen LogP contribution in [0, 0.1) is 0 Å². The average molecular weight is 278 g/mol. The largest absolute Gasteiger partial charge is 0.368 e. The van der Waals surface area contributed by atoms with E-state index in [1.165, 1.54) is 4.90 Å². The highest BCUT2D eigenvalue weighted by Crippen LogP contribution is 2.19. The second-order valence-corrected chi connectivity index (χ2v) is 5.31. The molecule has 0 aromatic carbocycles. The number of amides is 2. The third-order valence-corrected chi connectivity index (χ3v) is 3.96. The summed E-state index contributed by atoms with van der Waals surface area (Å²) in [7, 11) is 0. The number of hydrogen-bond acceptors (Lipinski definition) is 5. The van der Waals surface area contributed by atoms with Gasteiger partial charge in [-0.2, -0.15) is 0 Å². The number of nitrogens with zero attached hydrogens (tertiary/aromatic N) is 4. The minimum atomic E-state index is -0.522. The second-order valence-electron chi connectivity index (χ2n) is 5.31. The van der Waals surface area contributed by atoms with Gasteiger partial charge >= 0.3 is 0 Å². The van der Waals surface area contributed by atoms with Gasteiger partial charge in [0.05, 0.1) is 12.2 Å². The molecular weight excluding hydrogens is 260 g/mol. The highest BCUT2D eigenvalue weighted by Gasteiger charge is 2.33. The molecule has 0 spiro atoms. The van der Waals surface area contributed by atoms with Gasteiger partial charge in [0, 0.05) is 19.6 Å². The van der Waals surface area contributed by atoms with Crippen molar-refractivity contribution in [2.24, 2.45) is 5.73 Å². The summed E-state index contributed by atoms with van der Waals surface area (Å²) < 4.78 is 1.70. The fourth-order valence-corrected chi connectivity index (χ4v) is 2.63. The zero-order valence-electron chi connectivity index (χ0n) is 11.2. The van der Waals surface area contributed by atoms with Gasteiger partial charge in [0.15, 0.2) is 5.69 Å². The predicted octanol–water partition coefficient (Wildman–Crippen LogP) is -1.10. The van der Waals surface area contributed by atoms with Crippen LogP contribution < -0.4 is 11.1 Å². The fourth-order valence-electron chi connectivity index (χ4n) is 2.63. The van der Waals surface area contributed by atoms with E-state index in [0.29, 0.717) is 13.0 Å². The van der Waals surface area contributed by atoms with Gasteiger partial charge in [-0.25, -0.2) is 4.68 Å². The van der Waals surface area contributed by atoms with Gasteiger partial charge in [0.1, 0.15) is 6.04 Å². The summed E-state index contributed by atoms with van der Waals surface area (Å²) in [5.41, 5.74) is 5.66. The monoisotopic (exact) mass is 278 g/mol. The number of primary amides is 1. The number of nitrogens with one attached hydrogen (secondary N) is 1. The molecular formula is C12H18N6O2. The molecule has 2 amide bonds. The van der Waals surface area contributed by atoms with E-state index in [2.05, 4.69) is 15.6 Å². The molecule has 1 atom stereocenters. The van der Waals surface area contributed by atoms with E-state index in [1.807, 2.05) is 0 Å². The molecule has 0 saturated carbocycles. The molecule has 2 aliphatic rings. The van der Waals surface area contributed by atoms with Crippen LogP contribution in [0.2, 0.25) is 0 Å². The third kappa shape index (κ3) is 2.26. The molecule has 0 bridgehead atoms. The number of likely N-dealkylation sites (tertiary alicyclic amines) is 1. The Labute approximate surface area is 116 Å². The molecule has 20 heavy (non-hydrogen) atoms. The maximum atomic E-state index is 12.4.